The van der Waals surface area contributed by atoms with Crippen molar-refractivity contribution in [3.63, 3.8) is 0 Å². The van der Waals surface area contributed by atoms with Crippen LogP contribution >= 0.6 is 0 Å². The number of anilines is 1. The fourth-order valence-corrected chi connectivity index (χ4v) is 1.39. The van der Waals surface area contributed by atoms with E-state index in [2.05, 4.69) is 4.98 Å². The Balaban J connectivity index is 3.35. The van der Waals surface area contributed by atoms with Gasteiger partial charge in [0.05, 0.1) is 4.90 Å². The zero-order valence-electron chi connectivity index (χ0n) is 6.81. The molecule has 0 aliphatic heterocycles. The Kier molecular flexibility index (Phi) is 2.67. The van der Waals surface area contributed by atoms with Gasteiger partial charge in [0.2, 0.25) is 10.0 Å². The maximum atomic E-state index is 12.2. The summed E-state index contributed by atoms with van der Waals surface area (Å²) in [6, 6.07) is 1.61. The number of nitrogens with two attached hydrogens (primary N) is 2. The fraction of sp³-hybridized carbons (Fsp3) is 0.167. The lowest BCUT2D eigenvalue weighted by Crippen LogP contribution is -2.13. The highest BCUT2D eigenvalue weighted by molar-refractivity contribution is 7.89. The number of halogens is 2. The molecule has 0 aliphatic carbocycles. The maximum Gasteiger partial charge on any atom is 0.280 e. The van der Waals surface area contributed by atoms with E-state index in [0.29, 0.717) is 6.07 Å². The fourth-order valence-electron chi connectivity index (χ4n) is 0.823. The van der Waals surface area contributed by atoms with Crippen LogP contribution in [0.3, 0.4) is 0 Å². The first-order chi connectivity index (χ1) is 6.30. The second-order valence-electron chi connectivity index (χ2n) is 2.50. The van der Waals surface area contributed by atoms with Crippen LogP contribution < -0.4 is 10.9 Å². The summed E-state index contributed by atoms with van der Waals surface area (Å²) < 4.78 is 45.9. The van der Waals surface area contributed by atoms with Crippen molar-refractivity contribution in [1.82, 2.24) is 4.98 Å². The van der Waals surface area contributed by atoms with E-state index in [1.807, 2.05) is 0 Å². The maximum absolute atomic E-state index is 12.2. The van der Waals surface area contributed by atoms with Gasteiger partial charge in [0.15, 0.2) is 0 Å². The van der Waals surface area contributed by atoms with Crippen LogP contribution in [0.2, 0.25) is 0 Å². The number of hydrogen-bond acceptors (Lipinski definition) is 4. The Morgan fingerprint density at radius 3 is 2.36 bits per heavy atom. The molecular weight excluding hydrogens is 216 g/mol. The molecule has 4 N–H and O–H groups in total. The number of alkyl halides is 2. The summed E-state index contributed by atoms with van der Waals surface area (Å²) in [6.07, 6.45) is -2.89. The lowest BCUT2D eigenvalue weighted by Gasteiger charge is -2.03. The number of hydrogen-bond donors (Lipinski definition) is 2. The van der Waals surface area contributed by atoms with Gasteiger partial charge in [-0.05, 0) is 6.07 Å². The minimum atomic E-state index is -4.03. The number of nitrogens with zero attached hydrogens (tertiary/aromatic N) is 1. The molecule has 0 bridgehead atoms. The molecule has 14 heavy (non-hydrogen) atoms. The van der Waals surface area contributed by atoms with Gasteiger partial charge in [0, 0.05) is 6.07 Å². The van der Waals surface area contributed by atoms with Gasteiger partial charge in [0.25, 0.3) is 6.43 Å². The second-order valence-corrected chi connectivity index (χ2v) is 4.06. The zero-order chi connectivity index (χ0) is 10.9. The average molecular weight is 223 g/mol. The van der Waals surface area contributed by atoms with E-state index >= 15 is 0 Å². The Labute approximate surface area is 78.8 Å². The molecule has 0 saturated heterocycles. The van der Waals surface area contributed by atoms with Crippen molar-refractivity contribution in [2.24, 2.45) is 5.14 Å². The predicted octanol–water partition coefficient (Wildman–Crippen LogP) is 0.249. The van der Waals surface area contributed by atoms with E-state index < -0.39 is 27.0 Å². The lowest BCUT2D eigenvalue weighted by atomic mass is 10.3. The molecule has 0 aliphatic rings. The molecule has 1 aromatic heterocycles. The summed E-state index contributed by atoms with van der Waals surface area (Å²) in [7, 11) is -4.03. The van der Waals surface area contributed by atoms with Gasteiger partial charge in [-0.1, -0.05) is 0 Å². The summed E-state index contributed by atoms with van der Waals surface area (Å²) in [5.41, 5.74) is 4.42. The first-order valence-electron chi connectivity index (χ1n) is 3.39. The average Bonchev–Trinajstić information content (AvgIpc) is 2.01. The van der Waals surface area contributed by atoms with Crippen LogP contribution in [0.25, 0.3) is 0 Å². The molecule has 0 radical (unpaired) electrons. The minimum absolute atomic E-state index is 0.313. The number of primary sulfonamides is 1. The quantitative estimate of drug-likeness (QED) is 0.750. The van der Waals surface area contributed by atoms with Crippen LogP contribution in [0.5, 0.6) is 0 Å². The van der Waals surface area contributed by atoms with Crippen molar-refractivity contribution in [3.05, 3.63) is 17.8 Å². The number of aromatic nitrogens is 1. The second kappa shape index (κ2) is 3.46. The van der Waals surface area contributed by atoms with Gasteiger partial charge in [-0.15, -0.1) is 0 Å². The molecule has 0 aromatic carbocycles. The lowest BCUT2D eigenvalue weighted by molar-refractivity contribution is 0.146. The number of rotatable bonds is 2. The molecule has 0 fully saturated rings. The van der Waals surface area contributed by atoms with Crippen LogP contribution in [-0.4, -0.2) is 13.4 Å². The SMILES string of the molecule is Nc1cc(S(N)(=O)=O)cc(C(F)F)n1. The standard InChI is InChI=1S/C6H7F2N3O2S/c7-6(8)4-1-3(14(10,12)13)2-5(9)11-4/h1-2,6H,(H2,9,11)(H2,10,12,13). The molecule has 1 rings (SSSR count). The topological polar surface area (TPSA) is 99.1 Å². The molecule has 0 unspecified atom stereocenters. The van der Waals surface area contributed by atoms with E-state index in [9.17, 15) is 17.2 Å². The van der Waals surface area contributed by atoms with E-state index in [1.165, 1.54) is 0 Å². The van der Waals surface area contributed by atoms with Gasteiger partial charge >= 0.3 is 0 Å². The van der Waals surface area contributed by atoms with Gasteiger partial charge in [-0.2, -0.15) is 0 Å². The van der Waals surface area contributed by atoms with Gasteiger partial charge in [0.1, 0.15) is 11.5 Å². The summed E-state index contributed by atoms with van der Waals surface area (Å²) in [5, 5.41) is 4.74. The molecule has 78 valence electrons. The van der Waals surface area contributed by atoms with Crippen molar-refractivity contribution in [2.45, 2.75) is 11.3 Å². The van der Waals surface area contributed by atoms with E-state index in [-0.39, 0.29) is 5.82 Å². The predicted molar refractivity (Wildman–Crippen MR) is 45.0 cm³/mol. The van der Waals surface area contributed by atoms with Crippen LogP contribution in [-0.2, 0) is 10.0 Å². The Morgan fingerprint density at radius 1 is 1.36 bits per heavy atom. The highest BCUT2D eigenvalue weighted by Crippen LogP contribution is 2.20. The van der Waals surface area contributed by atoms with Crippen LogP contribution in [0.1, 0.15) is 12.1 Å². The summed E-state index contributed by atoms with van der Waals surface area (Å²) in [6.45, 7) is 0. The van der Waals surface area contributed by atoms with Crippen molar-refractivity contribution < 1.29 is 17.2 Å². The number of pyridine rings is 1. The van der Waals surface area contributed by atoms with Crippen LogP contribution in [0.4, 0.5) is 14.6 Å². The summed E-state index contributed by atoms with van der Waals surface area (Å²) in [5.74, 6) is -0.313. The van der Waals surface area contributed by atoms with E-state index in [0.717, 1.165) is 6.07 Å². The molecule has 0 saturated carbocycles. The monoisotopic (exact) mass is 223 g/mol. The normalized spacial score (nSPS) is 12.0. The van der Waals surface area contributed by atoms with Crippen LogP contribution in [0, 0.1) is 0 Å². The van der Waals surface area contributed by atoms with Crippen molar-refractivity contribution in [3.8, 4) is 0 Å². The van der Waals surface area contributed by atoms with E-state index in [4.69, 9.17) is 10.9 Å². The first-order valence-corrected chi connectivity index (χ1v) is 4.94. The molecule has 5 nitrogen and oxygen atoms in total. The Morgan fingerprint density at radius 2 is 1.93 bits per heavy atom. The molecule has 1 heterocycles. The summed E-state index contributed by atoms with van der Waals surface area (Å²) in [4.78, 5) is 2.78. The number of nitrogen functional groups attached to an aromatic ring is 1. The molecule has 0 atom stereocenters. The van der Waals surface area contributed by atoms with Crippen molar-refractivity contribution in [2.75, 3.05) is 5.73 Å². The molecule has 0 spiro atoms. The van der Waals surface area contributed by atoms with Crippen molar-refractivity contribution >= 4 is 15.8 Å². The minimum Gasteiger partial charge on any atom is -0.384 e. The highest BCUT2D eigenvalue weighted by atomic mass is 32.2. The Hall–Kier alpha value is -1.28. The van der Waals surface area contributed by atoms with Gasteiger partial charge in [-0.25, -0.2) is 27.3 Å². The third-order valence-corrected chi connectivity index (χ3v) is 2.28. The van der Waals surface area contributed by atoms with Gasteiger partial charge in [-0.3, -0.25) is 0 Å². The zero-order valence-corrected chi connectivity index (χ0v) is 7.63. The van der Waals surface area contributed by atoms with Crippen molar-refractivity contribution in [1.29, 1.82) is 0 Å². The third-order valence-electron chi connectivity index (χ3n) is 1.39. The molecular formula is C6H7F2N3O2S. The largest absolute Gasteiger partial charge is 0.384 e. The van der Waals surface area contributed by atoms with E-state index in [1.54, 1.807) is 0 Å². The van der Waals surface area contributed by atoms with Gasteiger partial charge < -0.3 is 5.73 Å². The number of sulfonamides is 1. The Bertz CT molecular complexity index is 446. The smallest absolute Gasteiger partial charge is 0.280 e. The third kappa shape index (κ3) is 2.36. The molecule has 8 heteroatoms. The summed E-state index contributed by atoms with van der Waals surface area (Å²) >= 11 is 0. The molecule has 0 amide bonds. The first kappa shape index (κ1) is 10.8. The molecule has 1 aromatic rings. The van der Waals surface area contributed by atoms with Crippen LogP contribution in [0.15, 0.2) is 17.0 Å². The highest BCUT2D eigenvalue weighted by Gasteiger charge is 2.15.